The number of hydrogen-bond acceptors (Lipinski definition) is 9. The van der Waals surface area contributed by atoms with Crippen LogP contribution in [0, 0.1) is 6.92 Å². The lowest BCUT2D eigenvalue weighted by atomic mass is 10.2. The zero-order valence-corrected chi connectivity index (χ0v) is 18.8. The van der Waals surface area contributed by atoms with E-state index in [1.807, 2.05) is 0 Å². The number of aromatic amines is 1. The van der Waals surface area contributed by atoms with Gasteiger partial charge in [0.2, 0.25) is 0 Å². The number of nitrogens with one attached hydrogen (secondary N) is 1. The maximum Gasteiger partial charge on any atom is 0.509 e. The Labute approximate surface area is 179 Å². The molecule has 0 radical (unpaired) electrons. The molecule has 1 aromatic rings. The molecule has 0 amide bonds. The predicted octanol–water partition coefficient (Wildman–Crippen LogP) is 2.40. The van der Waals surface area contributed by atoms with Gasteiger partial charge in [-0.2, -0.15) is 0 Å². The van der Waals surface area contributed by atoms with Crippen LogP contribution in [0.4, 0.5) is 9.59 Å². The number of ether oxygens (including phenoxy) is 5. The molecule has 1 fully saturated rings. The van der Waals surface area contributed by atoms with Gasteiger partial charge in [-0.1, -0.05) is 0 Å². The molecule has 11 nitrogen and oxygen atoms in total. The van der Waals surface area contributed by atoms with Gasteiger partial charge in [0.15, 0.2) is 0 Å². The smallest absolute Gasteiger partial charge is 0.431 e. The molecule has 2 rings (SSSR count). The van der Waals surface area contributed by atoms with Crippen LogP contribution < -0.4 is 11.2 Å². The van der Waals surface area contributed by atoms with E-state index in [-0.39, 0.29) is 13.0 Å². The van der Waals surface area contributed by atoms with Crippen LogP contribution in [0.1, 0.15) is 59.8 Å². The summed E-state index contributed by atoms with van der Waals surface area (Å²) >= 11 is 0. The highest BCUT2D eigenvalue weighted by Gasteiger charge is 2.41. The molecule has 1 saturated heterocycles. The second-order valence-corrected chi connectivity index (χ2v) is 9.24. The van der Waals surface area contributed by atoms with Gasteiger partial charge >= 0.3 is 18.0 Å². The van der Waals surface area contributed by atoms with Crippen molar-refractivity contribution in [2.24, 2.45) is 0 Å². The molecule has 1 aliphatic rings. The molecule has 0 unspecified atom stereocenters. The monoisotopic (exact) mass is 442 g/mol. The molecule has 0 bridgehead atoms. The molecule has 1 aromatic heterocycles. The van der Waals surface area contributed by atoms with Crippen LogP contribution in [0.15, 0.2) is 15.8 Å². The number of aromatic nitrogens is 2. The third-order valence-electron chi connectivity index (χ3n) is 4.03. The second kappa shape index (κ2) is 9.13. The van der Waals surface area contributed by atoms with Crippen molar-refractivity contribution in [3.05, 3.63) is 32.6 Å². The normalized spacial score (nSPS) is 21.5. The van der Waals surface area contributed by atoms with Crippen molar-refractivity contribution < 1.29 is 33.3 Å². The topological polar surface area (TPSA) is 135 Å². The molecule has 2 heterocycles. The minimum absolute atomic E-state index is 0.0764. The predicted molar refractivity (Wildman–Crippen MR) is 108 cm³/mol. The molecule has 0 aliphatic carbocycles. The summed E-state index contributed by atoms with van der Waals surface area (Å²) in [5.74, 6) is 0. The molecule has 3 atom stereocenters. The highest BCUT2D eigenvalue weighted by molar-refractivity contribution is 5.61. The third kappa shape index (κ3) is 7.42. The maximum atomic E-state index is 12.2. The molecule has 31 heavy (non-hydrogen) atoms. The van der Waals surface area contributed by atoms with E-state index in [1.54, 1.807) is 48.5 Å². The van der Waals surface area contributed by atoms with Crippen molar-refractivity contribution in [2.45, 2.75) is 84.5 Å². The van der Waals surface area contributed by atoms with E-state index in [4.69, 9.17) is 23.7 Å². The number of rotatable bonds is 4. The fourth-order valence-electron chi connectivity index (χ4n) is 2.77. The number of carbonyl (C=O) groups excluding carboxylic acids is 2. The van der Waals surface area contributed by atoms with Gasteiger partial charge in [0.25, 0.3) is 5.56 Å². The van der Waals surface area contributed by atoms with Gasteiger partial charge in [0, 0.05) is 18.2 Å². The summed E-state index contributed by atoms with van der Waals surface area (Å²) in [5.41, 5.74) is -2.40. The molecule has 11 heteroatoms. The van der Waals surface area contributed by atoms with Crippen LogP contribution in [-0.2, 0) is 23.7 Å². The summed E-state index contributed by atoms with van der Waals surface area (Å²) in [6, 6.07) is 0. The molecule has 0 aromatic carbocycles. The highest BCUT2D eigenvalue weighted by atomic mass is 16.8. The van der Waals surface area contributed by atoms with Crippen molar-refractivity contribution >= 4 is 12.3 Å². The van der Waals surface area contributed by atoms with Crippen molar-refractivity contribution in [3.8, 4) is 0 Å². The van der Waals surface area contributed by atoms with Gasteiger partial charge < -0.3 is 23.7 Å². The van der Waals surface area contributed by atoms with E-state index >= 15 is 0 Å². The largest absolute Gasteiger partial charge is 0.509 e. The molecule has 1 aliphatic heterocycles. The van der Waals surface area contributed by atoms with E-state index < -0.39 is 53.2 Å². The average molecular weight is 442 g/mol. The molecule has 0 saturated carbocycles. The lowest BCUT2D eigenvalue weighted by molar-refractivity contribution is -0.0822. The van der Waals surface area contributed by atoms with E-state index in [0.29, 0.717) is 5.56 Å². The van der Waals surface area contributed by atoms with Gasteiger partial charge in [0.1, 0.15) is 36.2 Å². The summed E-state index contributed by atoms with van der Waals surface area (Å²) in [6.45, 7) is 11.4. The first-order chi connectivity index (χ1) is 14.1. The lowest BCUT2D eigenvalue weighted by Gasteiger charge is -2.23. The Bertz CT molecular complexity index is 920. The van der Waals surface area contributed by atoms with Crippen molar-refractivity contribution in [2.75, 3.05) is 6.61 Å². The first kappa shape index (κ1) is 24.4. The molecule has 174 valence electrons. The number of aryl methyl sites for hydroxylation is 1. The number of H-pyrrole nitrogens is 1. The Balaban J connectivity index is 2.17. The van der Waals surface area contributed by atoms with Crippen LogP contribution in [0.25, 0.3) is 0 Å². The molecular formula is C20H30N2O9. The first-order valence-electron chi connectivity index (χ1n) is 9.87. The summed E-state index contributed by atoms with van der Waals surface area (Å²) in [5, 5.41) is 0. The maximum absolute atomic E-state index is 12.2. The number of nitrogens with zero attached hydrogens (tertiary/aromatic N) is 1. The zero-order chi connectivity index (χ0) is 23.6. The minimum Gasteiger partial charge on any atom is -0.431 e. The molecule has 0 spiro atoms. The van der Waals surface area contributed by atoms with E-state index in [9.17, 15) is 19.2 Å². The van der Waals surface area contributed by atoms with Gasteiger partial charge in [0.05, 0.1) is 0 Å². The number of carbonyl (C=O) groups is 2. The quantitative estimate of drug-likeness (QED) is 0.697. The Morgan fingerprint density at radius 3 is 2.26 bits per heavy atom. The Morgan fingerprint density at radius 1 is 1.10 bits per heavy atom. The zero-order valence-electron chi connectivity index (χ0n) is 18.8. The van der Waals surface area contributed by atoms with Crippen molar-refractivity contribution in [1.29, 1.82) is 0 Å². The van der Waals surface area contributed by atoms with Gasteiger partial charge in [-0.15, -0.1) is 0 Å². The number of hydrogen-bond donors (Lipinski definition) is 1. The SMILES string of the molecule is Cc1cn([C@H]2C[C@H](OC(=O)OC(C)(C)C)[C@@H](COC(=O)OC(C)(C)C)O2)c(=O)[nH]c1=O. The fraction of sp³-hybridized carbons (Fsp3) is 0.700. The summed E-state index contributed by atoms with van der Waals surface area (Å²) in [6.07, 6.45) is -3.02. The van der Waals surface area contributed by atoms with Gasteiger partial charge in [-0.3, -0.25) is 14.3 Å². The van der Waals surface area contributed by atoms with Crippen LogP contribution in [0.2, 0.25) is 0 Å². The first-order valence-corrected chi connectivity index (χ1v) is 9.87. The average Bonchev–Trinajstić information content (AvgIpc) is 2.95. The van der Waals surface area contributed by atoms with Crippen LogP contribution in [0.5, 0.6) is 0 Å². The highest BCUT2D eigenvalue weighted by Crippen LogP contribution is 2.31. The van der Waals surface area contributed by atoms with Crippen LogP contribution >= 0.6 is 0 Å². The Kier molecular flexibility index (Phi) is 7.20. The van der Waals surface area contributed by atoms with E-state index in [2.05, 4.69) is 4.98 Å². The van der Waals surface area contributed by atoms with E-state index in [1.165, 1.54) is 10.8 Å². The van der Waals surface area contributed by atoms with Crippen molar-refractivity contribution in [1.82, 2.24) is 9.55 Å². The lowest BCUT2D eigenvalue weighted by Crippen LogP contribution is -2.35. The fourth-order valence-corrected chi connectivity index (χ4v) is 2.77. The summed E-state index contributed by atoms with van der Waals surface area (Å²) in [4.78, 5) is 50.1. The van der Waals surface area contributed by atoms with Gasteiger partial charge in [-0.05, 0) is 48.5 Å². The third-order valence-corrected chi connectivity index (χ3v) is 4.03. The summed E-state index contributed by atoms with van der Waals surface area (Å²) in [7, 11) is 0. The van der Waals surface area contributed by atoms with Crippen molar-refractivity contribution in [3.63, 3.8) is 0 Å². The van der Waals surface area contributed by atoms with Crippen LogP contribution in [0.3, 0.4) is 0 Å². The second-order valence-electron chi connectivity index (χ2n) is 9.24. The molecular weight excluding hydrogens is 412 g/mol. The minimum atomic E-state index is -0.922. The van der Waals surface area contributed by atoms with Crippen LogP contribution in [-0.4, -0.2) is 51.9 Å². The summed E-state index contributed by atoms with van der Waals surface area (Å²) < 4.78 is 27.8. The Hall–Kier alpha value is -2.82. The van der Waals surface area contributed by atoms with E-state index in [0.717, 1.165) is 0 Å². The van der Waals surface area contributed by atoms with Gasteiger partial charge in [-0.25, -0.2) is 14.4 Å². The Morgan fingerprint density at radius 2 is 1.68 bits per heavy atom. The molecule has 1 N–H and O–H groups in total. The standard InChI is InChI=1S/C20H30N2O9/c1-11-9-22(16(24)21-15(11)23)14-8-12(29-18(26)31-20(5,6)7)13(28-14)10-27-17(25)30-19(2,3)4/h9,12-14H,8,10H2,1-7H3,(H,21,23,24)/t12-,13+,14+/m0/s1.